The Kier molecular flexibility index (Phi) is 5.08. The zero-order chi connectivity index (χ0) is 13.0. The number of piperidine rings is 1. The average molecular weight is 252 g/mol. The van der Waals surface area contributed by atoms with Gasteiger partial charge in [0.05, 0.1) is 0 Å². The predicted octanol–water partition coefficient (Wildman–Crippen LogP) is 3.13. The fraction of sp³-hybridized carbons (Fsp3) is 1.00. The molecule has 0 spiro atoms. The van der Waals surface area contributed by atoms with E-state index in [0.29, 0.717) is 5.41 Å². The summed E-state index contributed by atoms with van der Waals surface area (Å²) in [6.45, 7) is 13.7. The first-order chi connectivity index (χ1) is 8.55. The lowest BCUT2D eigenvalue weighted by molar-refractivity contribution is 0.110. The minimum atomic E-state index is 0.515. The lowest BCUT2D eigenvalue weighted by atomic mass is 9.75. The summed E-state index contributed by atoms with van der Waals surface area (Å²) in [6.07, 6.45) is 7.08. The number of nitrogens with one attached hydrogen (secondary N) is 1. The van der Waals surface area contributed by atoms with Gasteiger partial charge in [-0.2, -0.15) is 0 Å². The molecule has 106 valence electrons. The first-order valence-corrected chi connectivity index (χ1v) is 7.99. The Balaban J connectivity index is 1.58. The Bertz CT molecular complexity index is 230. The summed E-state index contributed by atoms with van der Waals surface area (Å²) in [5.41, 5.74) is 0.515. The molecule has 0 aromatic heterocycles. The Morgan fingerprint density at radius 1 is 1.11 bits per heavy atom. The van der Waals surface area contributed by atoms with Gasteiger partial charge in [-0.1, -0.05) is 20.8 Å². The molecular formula is C16H32N2. The SMILES string of the molecule is CC(C)(C)C1CCN(CCCC2CCNC2)CC1. The Hall–Kier alpha value is -0.0800. The molecular weight excluding hydrogens is 220 g/mol. The summed E-state index contributed by atoms with van der Waals surface area (Å²) < 4.78 is 0. The number of nitrogens with zero attached hydrogens (tertiary/aromatic N) is 1. The van der Waals surface area contributed by atoms with E-state index in [2.05, 4.69) is 31.0 Å². The van der Waals surface area contributed by atoms with Crippen molar-refractivity contribution in [2.24, 2.45) is 17.3 Å². The largest absolute Gasteiger partial charge is 0.316 e. The minimum absolute atomic E-state index is 0.515. The Morgan fingerprint density at radius 3 is 2.39 bits per heavy atom. The Labute approximate surface area is 114 Å². The third-order valence-electron chi connectivity index (χ3n) is 5.06. The molecule has 1 N–H and O–H groups in total. The number of hydrogen-bond acceptors (Lipinski definition) is 2. The highest BCUT2D eigenvalue weighted by Gasteiger charge is 2.28. The highest BCUT2D eigenvalue weighted by molar-refractivity contribution is 4.81. The highest BCUT2D eigenvalue weighted by atomic mass is 15.1. The summed E-state index contributed by atoms with van der Waals surface area (Å²) in [5.74, 6) is 1.91. The highest BCUT2D eigenvalue weighted by Crippen LogP contribution is 2.34. The molecule has 2 heterocycles. The van der Waals surface area contributed by atoms with Gasteiger partial charge in [0, 0.05) is 0 Å². The molecule has 2 aliphatic rings. The maximum absolute atomic E-state index is 3.47. The average Bonchev–Trinajstić information content (AvgIpc) is 2.82. The molecule has 2 nitrogen and oxygen atoms in total. The van der Waals surface area contributed by atoms with Crippen LogP contribution in [-0.4, -0.2) is 37.6 Å². The van der Waals surface area contributed by atoms with E-state index in [0.717, 1.165) is 11.8 Å². The minimum Gasteiger partial charge on any atom is -0.316 e. The van der Waals surface area contributed by atoms with Gasteiger partial charge in [0.25, 0.3) is 0 Å². The van der Waals surface area contributed by atoms with Crippen LogP contribution >= 0.6 is 0 Å². The van der Waals surface area contributed by atoms with Gasteiger partial charge in [0.15, 0.2) is 0 Å². The van der Waals surface area contributed by atoms with Crippen LogP contribution in [0, 0.1) is 17.3 Å². The van der Waals surface area contributed by atoms with Crippen molar-refractivity contribution in [3.8, 4) is 0 Å². The van der Waals surface area contributed by atoms with Gasteiger partial charge in [-0.05, 0) is 82.1 Å². The van der Waals surface area contributed by atoms with E-state index in [1.807, 2.05) is 0 Å². The monoisotopic (exact) mass is 252 g/mol. The number of rotatable bonds is 4. The van der Waals surface area contributed by atoms with Crippen LogP contribution in [0.15, 0.2) is 0 Å². The molecule has 0 saturated carbocycles. The zero-order valence-corrected chi connectivity index (χ0v) is 12.7. The third kappa shape index (κ3) is 4.24. The maximum atomic E-state index is 3.47. The van der Waals surface area contributed by atoms with Crippen molar-refractivity contribution in [3.05, 3.63) is 0 Å². The van der Waals surface area contributed by atoms with E-state index in [4.69, 9.17) is 0 Å². The van der Waals surface area contributed by atoms with Gasteiger partial charge >= 0.3 is 0 Å². The van der Waals surface area contributed by atoms with E-state index >= 15 is 0 Å². The first-order valence-electron chi connectivity index (χ1n) is 7.99. The maximum Gasteiger partial charge on any atom is -0.00159 e. The van der Waals surface area contributed by atoms with Crippen LogP contribution in [0.1, 0.15) is 52.9 Å². The van der Waals surface area contributed by atoms with E-state index in [1.165, 1.54) is 64.8 Å². The van der Waals surface area contributed by atoms with E-state index < -0.39 is 0 Å². The molecule has 2 rings (SSSR count). The van der Waals surface area contributed by atoms with Crippen LogP contribution in [0.5, 0.6) is 0 Å². The van der Waals surface area contributed by atoms with Crippen LogP contribution in [0.2, 0.25) is 0 Å². The van der Waals surface area contributed by atoms with Crippen molar-refractivity contribution < 1.29 is 0 Å². The van der Waals surface area contributed by atoms with E-state index in [-0.39, 0.29) is 0 Å². The quantitative estimate of drug-likeness (QED) is 0.827. The molecule has 18 heavy (non-hydrogen) atoms. The standard InChI is InChI=1S/C16H32N2/c1-16(2,3)15-7-11-18(12-8-15)10-4-5-14-6-9-17-13-14/h14-15,17H,4-13H2,1-3H3. The smallest absolute Gasteiger partial charge is 0.00159 e. The van der Waals surface area contributed by atoms with Crippen molar-refractivity contribution in [1.29, 1.82) is 0 Å². The molecule has 0 aromatic rings. The number of likely N-dealkylation sites (tertiary alicyclic amines) is 1. The summed E-state index contributed by atoms with van der Waals surface area (Å²) in [4.78, 5) is 2.70. The van der Waals surface area contributed by atoms with Crippen LogP contribution in [0.4, 0.5) is 0 Å². The summed E-state index contributed by atoms with van der Waals surface area (Å²) in [7, 11) is 0. The summed E-state index contributed by atoms with van der Waals surface area (Å²) >= 11 is 0. The van der Waals surface area contributed by atoms with Crippen LogP contribution in [0.25, 0.3) is 0 Å². The molecule has 2 fully saturated rings. The van der Waals surface area contributed by atoms with Gasteiger partial charge in [-0.3, -0.25) is 0 Å². The first kappa shape index (κ1) is 14.3. The van der Waals surface area contributed by atoms with Gasteiger partial charge in [0.1, 0.15) is 0 Å². The Morgan fingerprint density at radius 2 is 1.83 bits per heavy atom. The molecule has 0 aromatic carbocycles. The van der Waals surface area contributed by atoms with Crippen molar-refractivity contribution in [2.75, 3.05) is 32.7 Å². The molecule has 0 aliphatic carbocycles. The molecule has 2 aliphatic heterocycles. The molecule has 0 bridgehead atoms. The second kappa shape index (κ2) is 6.38. The lowest BCUT2D eigenvalue weighted by Crippen LogP contribution is -2.38. The summed E-state index contributed by atoms with van der Waals surface area (Å²) in [6, 6.07) is 0. The molecule has 0 radical (unpaired) electrons. The zero-order valence-electron chi connectivity index (χ0n) is 12.7. The third-order valence-corrected chi connectivity index (χ3v) is 5.06. The van der Waals surface area contributed by atoms with Crippen molar-refractivity contribution in [1.82, 2.24) is 10.2 Å². The van der Waals surface area contributed by atoms with Crippen LogP contribution in [-0.2, 0) is 0 Å². The topological polar surface area (TPSA) is 15.3 Å². The van der Waals surface area contributed by atoms with Gasteiger partial charge in [-0.25, -0.2) is 0 Å². The van der Waals surface area contributed by atoms with Gasteiger partial charge in [0.2, 0.25) is 0 Å². The lowest BCUT2D eigenvalue weighted by Gasteiger charge is -2.38. The molecule has 2 heteroatoms. The van der Waals surface area contributed by atoms with Crippen molar-refractivity contribution >= 4 is 0 Å². The van der Waals surface area contributed by atoms with Crippen molar-refractivity contribution in [3.63, 3.8) is 0 Å². The molecule has 0 amide bonds. The second-order valence-electron chi connectivity index (χ2n) is 7.48. The van der Waals surface area contributed by atoms with E-state index in [1.54, 1.807) is 0 Å². The molecule has 1 atom stereocenters. The van der Waals surface area contributed by atoms with Crippen LogP contribution < -0.4 is 5.32 Å². The van der Waals surface area contributed by atoms with Crippen molar-refractivity contribution in [2.45, 2.75) is 52.9 Å². The van der Waals surface area contributed by atoms with Gasteiger partial charge in [-0.15, -0.1) is 0 Å². The fourth-order valence-electron chi connectivity index (χ4n) is 3.59. The predicted molar refractivity (Wildman–Crippen MR) is 78.8 cm³/mol. The second-order valence-corrected chi connectivity index (χ2v) is 7.48. The molecule has 2 saturated heterocycles. The summed E-state index contributed by atoms with van der Waals surface area (Å²) in [5, 5.41) is 3.47. The fourth-order valence-corrected chi connectivity index (χ4v) is 3.59. The number of hydrogen-bond donors (Lipinski definition) is 1. The normalized spacial score (nSPS) is 27.8. The van der Waals surface area contributed by atoms with Crippen LogP contribution in [0.3, 0.4) is 0 Å². The molecule has 1 unspecified atom stereocenters. The van der Waals surface area contributed by atoms with Gasteiger partial charge < -0.3 is 10.2 Å². The van der Waals surface area contributed by atoms with E-state index in [9.17, 15) is 0 Å².